The van der Waals surface area contributed by atoms with Gasteiger partial charge in [0.05, 0.1) is 0 Å². The maximum Gasteiger partial charge on any atom is 0.223 e. The van der Waals surface area contributed by atoms with E-state index in [2.05, 4.69) is 83.5 Å². The minimum absolute atomic E-state index is 0.270. The zero-order chi connectivity index (χ0) is 20.9. The van der Waals surface area contributed by atoms with Crippen LogP contribution in [0.15, 0.2) is 60.8 Å². The van der Waals surface area contributed by atoms with Crippen molar-refractivity contribution in [2.45, 2.75) is 51.1 Å². The zero-order valence-corrected chi connectivity index (χ0v) is 18.2. The molecule has 30 heavy (non-hydrogen) atoms. The molecule has 0 saturated carbocycles. The van der Waals surface area contributed by atoms with Crippen molar-refractivity contribution in [3.63, 3.8) is 0 Å². The molecule has 0 aliphatic carbocycles. The van der Waals surface area contributed by atoms with E-state index < -0.39 is 0 Å². The van der Waals surface area contributed by atoms with Gasteiger partial charge in [0, 0.05) is 49.2 Å². The third kappa shape index (κ3) is 4.59. The van der Waals surface area contributed by atoms with E-state index in [1.165, 1.54) is 16.5 Å². The van der Waals surface area contributed by atoms with E-state index in [-0.39, 0.29) is 5.92 Å². The Balaban J connectivity index is 1.32. The summed E-state index contributed by atoms with van der Waals surface area (Å²) >= 11 is 0. The molecule has 1 N–H and O–H groups in total. The molecule has 1 amide bonds. The highest BCUT2D eigenvalue weighted by molar-refractivity contribution is 5.85. The molecule has 2 aromatic carbocycles. The number of nitrogens with zero attached hydrogens (tertiary/aromatic N) is 2. The molecule has 1 aliphatic rings. The van der Waals surface area contributed by atoms with Crippen molar-refractivity contribution in [3.8, 4) is 0 Å². The first-order chi connectivity index (χ1) is 14.7. The summed E-state index contributed by atoms with van der Waals surface area (Å²) in [5, 5.41) is 1.25. The topological polar surface area (TPSA) is 39.3 Å². The number of fused-ring (bicyclic) bond motifs is 1. The van der Waals surface area contributed by atoms with Gasteiger partial charge < -0.3 is 9.88 Å². The Hall–Kier alpha value is -2.59. The fourth-order valence-corrected chi connectivity index (χ4v) is 4.80. The number of carbonyl (C=O) groups is 1. The second-order valence-corrected chi connectivity index (χ2v) is 8.61. The highest BCUT2D eigenvalue weighted by atomic mass is 16.2. The number of hydrogen-bond donors (Lipinski definition) is 1. The van der Waals surface area contributed by atoms with Crippen LogP contribution in [0.3, 0.4) is 0 Å². The molecule has 0 bridgehead atoms. The van der Waals surface area contributed by atoms with Gasteiger partial charge in [-0.2, -0.15) is 0 Å². The first kappa shape index (κ1) is 20.7. The molecular formula is C26H33N3O. The fourth-order valence-electron chi connectivity index (χ4n) is 4.80. The molecule has 1 atom stereocenters. The summed E-state index contributed by atoms with van der Waals surface area (Å²) < 4.78 is 0. The number of likely N-dealkylation sites (tertiary alicyclic amines) is 1. The second-order valence-electron chi connectivity index (χ2n) is 8.61. The Morgan fingerprint density at radius 3 is 2.53 bits per heavy atom. The largest absolute Gasteiger partial charge is 0.361 e. The Kier molecular flexibility index (Phi) is 6.53. The van der Waals surface area contributed by atoms with Gasteiger partial charge in [-0.15, -0.1) is 0 Å². The van der Waals surface area contributed by atoms with E-state index in [9.17, 15) is 4.79 Å². The second kappa shape index (κ2) is 9.48. The number of carbonyl (C=O) groups excluding carboxylic acids is 1. The SMILES string of the molecule is CCC(CC(=O)N1CCC(N(C)Cc2ccccc2)CC1)c1c[nH]c2ccccc12. The average molecular weight is 404 g/mol. The number of aromatic amines is 1. The van der Waals surface area contributed by atoms with Crippen LogP contribution in [0.2, 0.25) is 0 Å². The maximum atomic E-state index is 13.1. The first-order valence-electron chi connectivity index (χ1n) is 11.2. The highest BCUT2D eigenvalue weighted by Gasteiger charge is 2.27. The average Bonchev–Trinajstić information content (AvgIpc) is 3.22. The summed E-state index contributed by atoms with van der Waals surface area (Å²) in [6, 6.07) is 19.6. The predicted octanol–water partition coefficient (Wildman–Crippen LogP) is 5.17. The lowest BCUT2D eigenvalue weighted by molar-refractivity contribution is -0.133. The normalized spacial score (nSPS) is 16.3. The van der Waals surface area contributed by atoms with E-state index in [0.717, 1.165) is 44.4 Å². The first-order valence-corrected chi connectivity index (χ1v) is 11.2. The van der Waals surface area contributed by atoms with E-state index in [1.54, 1.807) is 0 Å². The Bertz CT molecular complexity index is 957. The lowest BCUT2D eigenvalue weighted by Crippen LogP contribution is -2.45. The molecule has 1 fully saturated rings. The van der Waals surface area contributed by atoms with Gasteiger partial charge in [-0.1, -0.05) is 55.5 Å². The molecular weight excluding hydrogens is 370 g/mol. The summed E-state index contributed by atoms with van der Waals surface area (Å²) in [6.07, 6.45) is 5.78. The smallest absolute Gasteiger partial charge is 0.223 e. The van der Waals surface area contributed by atoms with E-state index in [4.69, 9.17) is 0 Å². The molecule has 2 heterocycles. The van der Waals surface area contributed by atoms with Crippen LogP contribution in [-0.4, -0.2) is 46.9 Å². The van der Waals surface area contributed by atoms with E-state index >= 15 is 0 Å². The number of benzene rings is 2. The van der Waals surface area contributed by atoms with Gasteiger partial charge in [-0.3, -0.25) is 9.69 Å². The number of piperidine rings is 1. The molecule has 1 aliphatic heterocycles. The van der Waals surface area contributed by atoms with Gasteiger partial charge in [-0.25, -0.2) is 0 Å². The predicted molar refractivity (Wildman–Crippen MR) is 123 cm³/mol. The van der Waals surface area contributed by atoms with E-state index in [1.807, 2.05) is 6.07 Å². The third-order valence-electron chi connectivity index (χ3n) is 6.69. The lowest BCUT2D eigenvalue weighted by atomic mass is 9.91. The molecule has 4 heteroatoms. The van der Waals surface area contributed by atoms with Crippen LogP contribution in [0.25, 0.3) is 10.9 Å². The van der Waals surface area contributed by atoms with E-state index in [0.29, 0.717) is 18.4 Å². The molecule has 158 valence electrons. The number of H-pyrrole nitrogens is 1. The standard InChI is InChI=1S/C26H33N3O/c1-3-21(24-18-27-25-12-8-7-11-23(24)25)17-26(30)29-15-13-22(14-16-29)28(2)19-20-9-5-4-6-10-20/h4-12,18,21-22,27H,3,13-17,19H2,1-2H3. The molecule has 4 rings (SSSR count). The summed E-state index contributed by atoms with van der Waals surface area (Å²) in [4.78, 5) is 21.0. The van der Waals surface area contributed by atoms with Gasteiger partial charge in [0.15, 0.2) is 0 Å². The minimum atomic E-state index is 0.270. The van der Waals surface area contributed by atoms with Gasteiger partial charge in [0.25, 0.3) is 0 Å². The maximum absolute atomic E-state index is 13.1. The van der Waals surface area contributed by atoms with Crippen LogP contribution >= 0.6 is 0 Å². The van der Waals surface area contributed by atoms with Crippen molar-refractivity contribution >= 4 is 16.8 Å². The van der Waals surface area contributed by atoms with Crippen molar-refractivity contribution < 1.29 is 4.79 Å². The molecule has 0 radical (unpaired) electrons. The number of rotatable bonds is 7. The zero-order valence-electron chi connectivity index (χ0n) is 18.2. The molecule has 1 aromatic heterocycles. The monoisotopic (exact) mass is 403 g/mol. The third-order valence-corrected chi connectivity index (χ3v) is 6.69. The van der Waals surface area contributed by atoms with Crippen LogP contribution in [0.5, 0.6) is 0 Å². The van der Waals surface area contributed by atoms with Crippen molar-refractivity contribution in [2.75, 3.05) is 20.1 Å². The number of para-hydroxylation sites is 1. The van der Waals surface area contributed by atoms with Crippen molar-refractivity contribution in [3.05, 3.63) is 71.9 Å². The van der Waals surface area contributed by atoms with Crippen LogP contribution < -0.4 is 0 Å². The molecule has 0 spiro atoms. The quantitative estimate of drug-likeness (QED) is 0.591. The fraction of sp³-hybridized carbons (Fsp3) is 0.423. The number of nitrogens with one attached hydrogen (secondary N) is 1. The molecule has 1 saturated heterocycles. The van der Waals surface area contributed by atoms with Crippen molar-refractivity contribution in [1.29, 1.82) is 0 Å². The number of amides is 1. The van der Waals surface area contributed by atoms with Gasteiger partial charge >= 0.3 is 0 Å². The summed E-state index contributed by atoms with van der Waals surface area (Å²) in [6.45, 7) is 4.89. The molecule has 4 nitrogen and oxygen atoms in total. The molecule has 3 aromatic rings. The summed E-state index contributed by atoms with van der Waals surface area (Å²) in [7, 11) is 2.21. The summed E-state index contributed by atoms with van der Waals surface area (Å²) in [5.74, 6) is 0.573. The van der Waals surface area contributed by atoms with Gasteiger partial charge in [-0.05, 0) is 49.4 Å². The Labute approximate surface area is 179 Å². The minimum Gasteiger partial charge on any atom is -0.361 e. The number of aromatic nitrogens is 1. The van der Waals surface area contributed by atoms with Crippen molar-refractivity contribution in [2.24, 2.45) is 0 Å². The Morgan fingerprint density at radius 2 is 1.80 bits per heavy atom. The van der Waals surface area contributed by atoms with Crippen LogP contribution in [0.4, 0.5) is 0 Å². The highest BCUT2D eigenvalue weighted by Crippen LogP contribution is 2.31. The van der Waals surface area contributed by atoms with Crippen LogP contribution in [-0.2, 0) is 11.3 Å². The van der Waals surface area contributed by atoms with Gasteiger partial charge in [0.2, 0.25) is 5.91 Å². The molecule has 1 unspecified atom stereocenters. The van der Waals surface area contributed by atoms with Crippen molar-refractivity contribution in [1.82, 2.24) is 14.8 Å². The van der Waals surface area contributed by atoms with Crippen LogP contribution in [0.1, 0.15) is 49.7 Å². The number of hydrogen-bond acceptors (Lipinski definition) is 2. The lowest BCUT2D eigenvalue weighted by Gasteiger charge is -2.37. The van der Waals surface area contributed by atoms with Crippen LogP contribution in [0, 0.1) is 0 Å². The Morgan fingerprint density at radius 1 is 1.10 bits per heavy atom. The van der Waals surface area contributed by atoms with Gasteiger partial charge in [0.1, 0.15) is 0 Å². The summed E-state index contributed by atoms with van der Waals surface area (Å²) in [5.41, 5.74) is 3.78.